The van der Waals surface area contributed by atoms with Gasteiger partial charge < -0.3 is 15.7 Å². The highest BCUT2D eigenvalue weighted by Gasteiger charge is 2.54. The Morgan fingerprint density at radius 3 is 2.20 bits per heavy atom. The Hall–Kier alpha value is -3.16. The number of aromatic nitrogens is 2. The van der Waals surface area contributed by atoms with Gasteiger partial charge in [0.2, 0.25) is 5.88 Å². The van der Waals surface area contributed by atoms with E-state index in [9.17, 15) is 32.7 Å². The van der Waals surface area contributed by atoms with Gasteiger partial charge in [0.25, 0.3) is 11.5 Å². The Balaban J connectivity index is 1.34. The van der Waals surface area contributed by atoms with E-state index in [-0.39, 0.29) is 53.8 Å². The van der Waals surface area contributed by atoms with Gasteiger partial charge >= 0.3 is 11.7 Å². The number of carbonyl (C=O) groups is 2. The van der Waals surface area contributed by atoms with E-state index in [1.165, 1.54) is 16.5 Å². The fourth-order valence-corrected chi connectivity index (χ4v) is 9.04. The van der Waals surface area contributed by atoms with Gasteiger partial charge in [0.05, 0.1) is 11.5 Å². The molecule has 14 heteroatoms. The molecule has 0 unspecified atom stereocenters. The normalized spacial score (nSPS) is 30.1. The summed E-state index contributed by atoms with van der Waals surface area (Å²) < 4.78 is 26.3. The minimum atomic E-state index is -3.13. The second-order valence-corrected chi connectivity index (χ2v) is 14.9. The number of amidine groups is 1. The van der Waals surface area contributed by atoms with Crippen molar-refractivity contribution < 1.29 is 23.1 Å². The fourth-order valence-electron chi connectivity index (χ4n) is 7.19. The molecular weight excluding hydrogens is 552 g/mol. The Morgan fingerprint density at radius 2 is 1.66 bits per heavy atom. The number of aromatic hydroxyl groups is 1. The highest BCUT2D eigenvalue weighted by atomic mass is 32.2. The molecule has 4 fully saturated rings. The highest BCUT2D eigenvalue weighted by molar-refractivity contribution is 7.91. The van der Waals surface area contributed by atoms with E-state index in [1.54, 1.807) is 6.92 Å². The number of nitrogens with two attached hydrogens (primary N) is 1. The van der Waals surface area contributed by atoms with Gasteiger partial charge in [0, 0.05) is 26.2 Å². The van der Waals surface area contributed by atoms with E-state index in [1.807, 2.05) is 0 Å². The number of imide groups is 1. The average Bonchev–Trinajstić information content (AvgIpc) is 3.29. The molecule has 2 atom stereocenters. The third-order valence-corrected chi connectivity index (χ3v) is 11.6. The maximum absolute atomic E-state index is 13.5. The molecule has 1 aromatic rings. The van der Waals surface area contributed by atoms with Gasteiger partial charge in [-0.25, -0.2) is 18.0 Å². The topological polar surface area (TPSA) is 189 Å². The average molecular weight is 593 g/mol. The first-order valence-electron chi connectivity index (χ1n) is 14.5. The number of amides is 3. The summed E-state index contributed by atoms with van der Waals surface area (Å²) in [7, 11) is -1.69. The van der Waals surface area contributed by atoms with Crippen molar-refractivity contribution in [3.05, 3.63) is 26.4 Å². The van der Waals surface area contributed by atoms with Gasteiger partial charge in [-0.3, -0.25) is 29.0 Å². The predicted octanol–water partition coefficient (Wildman–Crippen LogP) is 1.01. The van der Waals surface area contributed by atoms with Crippen LogP contribution in [0.1, 0.15) is 76.3 Å². The number of hydrogen-bond acceptors (Lipinski definition) is 8. The molecule has 0 aromatic carbocycles. The molecule has 2 saturated carbocycles. The van der Waals surface area contributed by atoms with Crippen LogP contribution in [-0.4, -0.2) is 80.9 Å². The zero-order chi connectivity index (χ0) is 29.9. The van der Waals surface area contributed by atoms with Crippen LogP contribution in [0.25, 0.3) is 0 Å². The van der Waals surface area contributed by atoms with Crippen LogP contribution in [0.15, 0.2) is 9.59 Å². The lowest BCUT2D eigenvalue weighted by atomic mass is 9.77. The molecule has 0 bridgehead atoms. The molecule has 4 N–H and O–H groups in total. The van der Waals surface area contributed by atoms with Crippen molar-refractivity contribution in [3.63, 3.8) is 0 Å². The van der Waals surface area contributed by atoms with Gasteiger partial charge in [-0.1, -0.05) is 6.42 Å². The number of likely N-dealkylation sites (N-methyl/N-ethyl adjacent to an activating group) is 1. The standard InChI is InChI=1S/C27H40N6O7S/c1-27(24(36)30(2)25(37)32(27)14-18-10-11-41(39,40)15-18)12-16-6-8-19(9-7-16)33-23(35)20(21(28)29)22(34)31(26(33)38)13-17-4-3-5-17/h16-19,34H,3-15H2,1-2H3,(H3,28,29)/t16?,18-,19?,27+/m1/s1. The number of urea groups is 1. The maximum Gasteiger partial charge on any atom is 0.334 e. The molecule has 2 saturated heterocycles. The number of hydrogen-bond donors (Lipinski definition) is 3. The Bertz CT molecular complexity index is 1490. The SMILES string of the molecule is CN1C(=O)N(C[C@H]2CCS(=O)(=O)C2)[C@@](C)(CC2CCC(n3c(=O)c(C(=N)N)c(O)n(CC4CCC4)c3=O)CC2)C1=O. The van der Waals surface area contributed by atoms with Crippen LogP contribution < -0.4 is 17.0 Å². The largest absolute Gasteiger partial charge is 0.494 e. The Kier molecular flexibility index (Phi) is 7.58. The van der Waals surface area contributed by atoms with Crippen LogP contribution in [0.2, 0.25) is 0 Å². The molecule has 41 heavy (non-hydrogen) atoms. The van der Waals surface area contributed by atoms with Crippen LogP contribution in [0.4, 0.5) is 4.79 Å². The van der Waals surface area contributed by atoms with E-state index in [0.29, 0.717) is 38.5 Å². The maximum atomic E-state index is 13.5. The molecular formula is C27H40N6O7S. The van der Waals surface area contributed by atoms with Crippen LogP contribution >= 0.6 is 0 Å². The first-order valence-corrected chi connectivity index (χ1v) is 16.3. The van der Waals surface area contributed by atoms with E-state index in [0.717, 1.165) is 28.7 Å². The summed E-state index contributed by atoms with van der Waals surface area (Å²) in [6, 6.07) is -0.872. The van der Waals surface area contributed by atoms with Crippen molar-refractivity contribution in [1.82, 2.24) is 18.9 Å². The van der Waals surface area contributed by atoms with Crippen molar-refractivity contribution in [2.75, 3.05) is 25.1 Å². The van der Waals surface area contributed by atoms with E-state index in [4.69, 9.17) is 11.1 Å². The minimum absolute atomic E-state index is 0.0117. The number of carbonyl (C=O) groups excluding carboxylic acids is 2. The molecule has 4 aliphatic rings. The van der Waals surface area contributed by atoms with E-state index >= 15 is 0 Å². The van der Waals surface area contributed by atoms with Crippen molar-refractivity contribution >= 4 is 27.6 Å². The monoisotopic (exact) mass is 592 g/mol. The van der Waals surface area contributed by atoms with Gasteiger partial charge in [0.15, 0.2) is 9.84 Å². The van der Waals surface area contributed by atoms with Crippen LogP contribution in [0.5, 0.6) is 5.88 Å². The lowest BCUT2D eigenvalue weighted by Gasteiger charge is -2.38. The van der Waals surface area contributed by atoms with E-state index in [2.05, 4.69) is 0 Å². The third-order valence-electron chi connectivity index (χ3n) is 9.80. The molecule has 0 spiro atoms. The summed E-state index contributed by atoms with van der Waals surface area (Å²) in [4.78, 5) is 55.7. The van der Waals surface area contributed by atoms with Gasteiger partial charge in [-0.05, 0) is 76.0 Å². The molecule has 2 aliphatic heterocycles. The zero-order valence-corrected chi connectivity index (χ0v) is 24.5. The molecule has 5 rings (SSSR count). The lowest BCUT2D eigenvalue weighted by molar-refractivity contribution is -0.132. The number of nitrogens with zero attached hydrogens (tertiary/aromatic N) is 4. The first kappa shape index (κ1) is 29.3. The summed E-state index contributed by atoms with van der Waals surface area (Å²) in [5, 5.41) is 18.6. The van der Waals surface area contributed by atoms with E-state index < -0.39 is 50.4 Å². The number of sulfone groups is 1. The lowest BCUT2D eigenvalue weighted by Crippen LogP contribution is -2.51. The van der Waals surface area contributed by atoms with Gasteiger partial charge in [-0.2, -0.15) is 0 Å². The zero-order valence-electron chi connectivity index (χ0n) is 23.7. The number of nitrogens with one attached hydrogen (secondary N) is 1. The molecule has 0 radical (unpaired) electrons. The molecule has 3 heterocycles. The molecule has 13 nitrogen and oxygen atoms in total. The molecule has 3 amide bonds. The molecule has 2 aliphatic carbocycles. The van der Waals surface area contributed by atoms with Crippen LogP contribution in [0, 0.1) is 23.2 Å². The highest BCUT2D eigenvalue weighted by Crippen LogP contribution is 2.41. The fraction of sp³-hybridized carbons (Fsp3) is 0.741. The smallest absolute Gasteiger partial charge is 0.334 e. The van der Waals surface area contributed by atoms with Crippen molar-refractivity contribution in [1.29, 1.82) is 5.41 Å². The Labute approximate surface area is 238 Å². The summed E-state index contributed by atoms with van der Waals surface area (Å²) >= 11 is 0. The van der Waals surface area contributed by atoms with Crippen LogP contribution in [0.3, 0.4) is 0 Å². The second-order valence-electron chi connectivity index (χ2n) is 12.7. The summed E-state index contributed by atoms with van der Waals surface area (Å²) in [5.41, 5.74) is 2.82. The first-order chi connectivity index (χ1) is 19.2. The van der Waals surface area contributed by atoms with Gasteiger partial charge in [0.1, 0.15) is 16.9 Å². The summed E-state index contributed by atoms with van der Waals surface area (Å²) in [5.74, 6) is -1.31. The minimum Gasteiger partial charge on any atom is -0.494 e. The number of nitrogen functional groups attached to an aromatic ring is 1. The molecule has 226 valence electrons. The summed E-state index contributed by atoms with van der Waals surface area (Å²) in [6.07, 6.45) is 5.90. The van der Waals surface area contributed by atoms with Crippen molar-refractivity contribution in [2.24, 2.45) is 23.5 Å². The molecule has 1 aromatic heterocycles. The third kappa shape index (κ3) is 5.19. The summed E-state index contributed by atoms with van der Waals surface area (Å²) in [6.45, 7) is 2.22. The van der Waals surface area contributed by atoms with Gasteiger partial charge in [-0.15, -0.1) is 0 Å². The van der Waals surface area contributed by atoms with Crippen molar-refractivity contribution in [3.8, 4) is 5.88 Å². The van der Waals surface area contributed by atoms with Crippen LogP contribution in [-0.2, 0) is 21.2 Å². The quantitative estimate of drug-likeness (QED) is 0.226. The predicted molar refractivity (Wildman–Crippen MR) is 151 cm³/mol. The number of rotatable bonds is 8. The Morgan fingerprint density at radius 1 is 1.00 bits per heavy atom. The second kappa shape index (κ2) is 10.6. The van der Waals surface area contributed by atoms with Crippen molar-refractivity contribution in [2.45, 2.75) is 82.8 Å².